The van der Waals surface area contributed by atoms with Crippen molar-refractivity contribution in [2.24, 2.45) is 0 Å². The fourth-order valence-corrected chi connectivity index (χ4v) is 5.36. The zero-order valence-corrected chi connectivity index (χ0v) is 17.5. The molecule has 0 atom stereocenters. The van der Waals surface area contributed by atoms with Crippen molar-refractivity contribution < 1.29 is 13.1 Å². The summed E-state index contributed by atoms with van der Waals surface area (Å²) in [5, 5.41) is 0. The predicted molar refractivity (Wildman–Crippen MR) is 113 cm³/mol. The number of benzene rings is 1. The lowest BCUT2D eigenvalue weighted by atomic mass is 9.83. The fraction of sp³-hybridized carbons (Fsp3) is 0.348. The van der Waals surface area contributed by atoms with E-state index in [0.717, 1.165) is 46.3 Å². The quantitative estimate of drug-likeness (QED) is 0.588. The smallest absolute Gasteiger partial charge is 0.393 e. The Hall–Kier alpha value is -2.43. The summed E-state index contributed by atoms with van der Waals surface area (Å²) in [5.74, 6) is 0. The average Bonchev–Trinajstić information content (AvgIpc) is 3.07. The van der Waals surface area contributed by atoms with Gasteiger partial charge in [-0.2, -0.15) is 0 Å². The Morgan fingerprint density at radius 1 is 0.964 bits per heavy atom. The Balaban J connectivity index is 2.23. The molecule has 0 bridgehead atoms. The van der Waals surface area contributed by atoms with Crippen LogP contribution < -0.4 is 0 Å². The van der Waals surface area contributed by atoms with E-state index in [0.29, 0.717) is 22.8 Å². The van der Waals surface area contributed by atoms with Crippen LogP contribution >= 0.6 is 0 Å². The van der Waals surface area contributed by atoms with Crippen molar-refractivity contribution >= 4 is 18.3 Å². The molecule has 2 aliphatic heterocycles. The summed E-state index contributed by atoms with van der Waals surface area (Å²) in [7, 11) is 0. The van der Waals surface area contributed by atoms with Crippen LogP contribution in [0.3, 0.4) is 0 Å². The number of hydrogen-bond donors (Lipinski definition) is 0. The van der Waals surface area contributed by atoms with E-state index in [9.17, 15) is 0 Å². The van der Waals surface area contributed by atoms with Gasteiger partial charge in [0.05, 0.1) is 5.57 Å². The minimum atomic E-state index is -3.94. The van der Waals surface area contributed by atoms with E-state index < -0.39 is 6.97 Å². The van der Waals surface area contributed by atoms with Crippen LogP contribution in [0.15, 0.2) is 47.2 Å². The number of rotatable bonds is 3. The third kappa shape index (κ3) is 2.22. The van der Waals surface area contributed by atoms with Gasteiger partial charge in [-0.25, -0.2) is 0 Å². The number of hydrogen-bond acceptors (Lipinski definition) is 0. The van der Waals surface area contributed by atoms with Crippen LogP contribution in [0.5, 0.6) is 0 Å². The topological polar surface area (TPSA) is 7.94 Å². The fourth-order valence-electron chi connectivity index (χ4n) is 5.36. The zero-order valence-electron chi connectivity index (χ0n) is 17.5. The molecule has 0 radical (unpaired) electrons. The second-order valence-corrected chi connectivity index (χ2v) is 7.85. The monoisotopic (exact) mass is 380 g/mol. The molecular formula is C23H27BF2N2. The van der Waals surface area contributed by atoms with Crippen LogP contribution in [0.1, 0.15) is 62.2 Å². The maximum absolute atomic E-state index is 16.0. The second-order valence-electron chi connectivity index (χ2n) is 7.85. The van der Waals surface area contributed by atoms with Gasteiger partial charge in [0.2, 0.25) is 0 Å². The Labute approximate surface area is 165 Å². The Morgan fingerprint density at radius 2 is 1.61 bits per heavy atom. The molecule has 1 aromatic heterocycles. The third-order valence-electron chi connectivity index (χ3n) is 6.56. The molecular weight excluding hydrogens is 353 g/mol. The average molecular weight is 380 g/mol. The molecule has 1 aromatic carbocycles. The first-order valence-corrected chi connectivity index (χ1v) is 10.1. The van der Waals surface area contributed by atoms with Gasteiger partial charge in [0.15, 0.2) is 5.70 Å². The number of halogens is 2. The number of fused-ring (bicyclic) bond motifs is 2. The summed E-state index contributed by atoms with van der Waals surface area (Å²) in [6.07, 6.45) is 1.50. The van der Waals surface area contributed by atoms with Gasteiger partial charge >= 0.3 is 6.97 Å². The lowest BCUT2D eigenvalue weighted by Crippen LogP contribution is -2.51. The Kier molecular flexibility index (Phi) is 4.25. The highest BCUT2D eigenvalue weighted by molar-refractivity contribution is 6.58. The van der Waals surface area contributed by atoms with Gasteiger partial charge in [-0.05, 0) is 56.0 Å². The van der Waals surface area contributed by atoms with E-state index >= 15 is 8.63 Å². The first-order chi connectivity index (χ1) is 13.3. The third-order valence-corrected chi connectivity index (χ3v) is 6.56. The Morgan fingerprint density at radius 3 is 2.18 bits per heavy atom. The molecule has 0 fully saturated rings. The van der Waals surface area contributed by atoms with E-state index in [1.807, 2.05) is 71.9 Å². The molecule has 28 heavy (non-hydrogen) atoms. The number of aromatic nitrogens is 1. The molecule has 4 rings (SSSR count). The lowest BCUT2D eigenvalue weighted by Gasteiger charge is -2.34. The summed E-state index contributed by atoms with van der Waals surface area (Å²) in [4.78, 5) is 0. The van der Waals surface area contributed by atoms with Crippen molar-refractivity contribution in [2.45, 2.75) is 54.4 Å². The van der Waals surface area contributed by atoms with Gasteiger partial charge in [-0.1, -0.05) is 44.2 Å². The molecule has 0 N–H and O–H groups in total. The van der Waals surface area contributed by atoms with Crippen molar-refractivity contribution in [1.29, 1.82) is 0 Å². The highest BCUT2D eigenvalue weighted by Crippen LogP contribution is 2.46. The van der Waals surface area contributed by atoms with Crippen LogP contribution in [-0.4, -0.2) is 21.6 Å². The molecule has 0 amide bonds. The minimum Gasteiger partial charge on any atom is -0.393 e. The predicted octanol–water partition coefficient (Wildman–Crippen LogP) is 5.88. The second kappa shape index (κ2) is 6.30. The first kappa shape index (κ1) is 18.9. The molecule has 0 aliphatic carbocycles. The summed E-state index contributed by atoms with van der Waals surface area (Å²) >= 11 is 0. The lowest BCUT2D eigenvalue weighted by molar-refractivity contribution is -0.363. The van der Waals surface area contributed by atoms with Gasteiger partial charge in [-0.3, -0.25) is 0 Å². The molecule has 0 saturated carbocycles. The minimum absolute atomic E-state index is 0.682. The highest BCUT2D eigenvalue weighted by Gasteiger charge is 2.56. The van der Waals surface area contributed by atoms with Gasteiger partial charge in [0, 0.05) is 23.8 Å². The molecule has 2 nitrogen and oxygen atoms in total. The summed E-state index contributed by atoms with van der Waals surface area (Å²) < 4.78 is 34.7. The van der Waals surface area contributed by atoms with Crippen molar-refractivity contribution in [3.8, 4) is 0 Å². The van der Waals surface area contributed by atoms with Crippen LogP contribution in [-0.2, 0) is 6.42 Å². The molecule has 0 spiro atoms. The standard InChI is InChI=1S/C23H27BF2N2/c1-7-19-14(3)22-21(18-12-10-9-11-13-18)23-15(4)20(8-2)17(6)28(23)24(25,26)27(22)16(19)5/h9-13H,7-8H2,1-6H3. The number of nitrogens with zero attached hydrogens (tertiary/aromatic N) is 2. The molecule has 146 valence electrons. The SMILES string of the molecule is CCC1=C(C)C2=C(c3ccccc3)c3c(C)c(CC)c(C)n3[B-](F)(F)[N+]2=C1C. The summed E-state index contributed by atoms with van der Waals surface area (Å²) in [5.41, 5.74) is 8.65. The van der Waals surface area contributed by atoms with Gasteiger partial charge in [0.1, 0.15) is 5.71 Å². The Bertz CT molecular complexity index is 1090. The zero-order chi connectivity index (χ0) is 20.4. The van der Waals surface area contributed by atoms with Gasteiger partial charge in [0.25, 0.3) is 0 Å². The molecule has 5 heteroatoms. The molecule has 2 aliphatic rings. The maximum Gasteiger partial charge on any atom is 0.737 e. The van der Waals surface area contributed by atoms with E-state index in [-0.39, 0.29) is 0 Å². The summed E-state index contributed by atoms with van der Waals surface area (Å²) in [6, 6.07) is 9.98. The molecule has 0 saturated heterocycles. The first-order valence-electron chi connectivity index (χ1n) is 10.1. The number of allylic oxidation sites excluding steroid dienone is 2. The normalized spacial score (nSPS) is 18.1. The highest BCUT2D eigenvalue weighted by atomic mass is 19.2. The molecule has 3 heterocycles. The van der Waals surface area contributed by atoms with E-state index in [1.54, 1.807) is 0 Å². The van der Waals surface area contributed by atoms with E-state index in [1.165, 1.54) is 8.96 Å². The molecule has 0 unspecified atom stereocenters. The van der Waals surface area contributed by atoms with Gasteiger partial charge < -0.3 is 17.6 Å². The summed E-state index contributed by atoms with van der Waals surface area (Å²) in [6.45, 7) is 7.81. The van der Waals surface area contributed by atoms with Crippen LogP contribution in [0.25, 0.3) is 5.57 Å². The van der Waals surface area contributed by atoms with Crippen LogP contribution in [0.4, 0.5) is 8.63 Å². The van der Waals surface area contributed by atoms with Crippen molar-refractivity contribution in [3.63, 3.8) is 0 Å². The van der Waals surface area contributed by atoms with Crippen LogP contribution in [0.2, 0.25) is 0 Å². The maximum atomic E-state index is 16.0. The van der Waals surface area contributed by atoms with Crippen molar-refractivity contribution in [2.75, 3.05) is 0 Å². The van der Waals surface area contributed by atoms with Crippen molar-refractivity contribution in [3.05, 3.63) is 75.3 Å². The van der Waals surface area contributed by atoms with E-state index in [4.69, 9.17) is 0 Å². The van der Waals surface area contributed by atoms with Crippen LogP contribution in [0, 0.1) is 13.8 Å². The van der Waals surface area contributed by atoms with E-state index in [2.05, 4.69) is 0 Å². The molecule has 2 aromatic rings. The van der Waals surface area contributed by atoms with Crippen molar-refractivity contribution in [1.82, 2.24) is 4.48 Å². The largest absolute Gasteiger partial charge is 0.737 e. The van der Waals surface area contributed by atoms with Gasteiger partial charge in [-0.15, -0.1) is 0 Å².